The summed E-state index contributed by atoms with van der Waals surface area (Å²) in [5, 5.41) is 8.03. The normalized spacial score (nSPS) is 12.2. The molecule has 4 nitrogen and oxygen atoms in total. The molecule has 0 aliphatic carbocycles. The molecule has 25 heavy (non-hydrogen) atoms. The van der Waals surface area contributed by atoms with E-state index in [1.54, 1.807) is 11.3 Å². The van der Waals surface area contributed by atoms with Gasteiger partial charge in [0.15, 0.2) is 5.96 Å². The third-order valence-corrected chi connectivity index (χ3v) is 5.27. The summed E-state index contributed by atoms with van der Waals surface area (Å²) in [5.41, 5.74) is 1.53. The topological polar surface area (TPSA) is 49.3 Å². The van der Waals surface area contributed by atoms with Crippen LogP contribution in [-0.2, 0) is 19.3 Å². The van der Waals surface area contributed by atoms with Crippen LogP contribution in [0.1, 0.15) is 36.2 Å². The van der Waals surface area contributed by atoms with Gasteiger partial charge in [0.2, 0.25) is 0 Å². The summed E-state index contributed by atoms with van der Waals surface area (Å²) >= 11 is 1.80. The average molecular weight is 359 g/mol. The molecule has 0 aliphatic rings. The van der Waals surface area contributed by atoms with Crippen LogP contribution in [0, 0.1) is 5.41 Å². The number of aryl methyl sites for hydroxylation is 1. The zero-order valence-electron chi connectivity index (χ0n) is 15.8. The van der Waals surface area contributed by atoms with Gasteiger partial charge in [-0.25, -0.2) is 4.98 Å². The van der Waals surface area contributed by atoms with Gasteiger partial charge in [0, 0.05) is 37.6 Å². The summed E-state index contributed by atoms with van der Waals surface area (Å²) in [7, 11) is 1.82. The Morgan fingerprint density at radius 2 is 1.96 bits per heavy atom. The van der Waals surface area contributed by atoms with E-state index in [1.807, 2.05) is 13.2 Å². The molecule has 0 fully saturated rings. The van der Waals surface area contributed by atoms with Gasteiger partial charge in [-0.1, -0.05) is 51.1 Å². The molecule has 0 bridgehead atoms. The Bertz CT molecular complexity index is 661. The highest BCUT2D eigenvalue weighted by Crippen LogP contribution is 2.20. The van der Waals surface area contributed by atoms with Crippen LogP contribution < -0.4 is 10.6 Å². The molecular weight excluding hydrogens is 328 g/mol. The van der Waals surface area contributed by atoms with Crippen molar-refractivity contribution in [2.45, 2.75) is 40.0 Å². The minimum atomic E-state index is 0.157. The van der Waals surface area contributed by atoms with E-state index >= 15 is 0 Å². The molecule has 0 spiro atoms. The Kier molecular flexibility index (Phi) is 7.44. The first-order chi connectivity index (χ1) is 12.0. The van der Waals surface area contributed by atoms with Crippen molar-refractivity contribution in [1.82, 2.24) is 15.6 Å². The molecule has 0 saturated heterocycles. The summed E-state index contributed by atoms with van der Waals surface area (Å²) in [6, 6.07) is 10.6. The van der Waals surface area contributed by atoms with Crippen LogP contribution in [0.5, 0.6) is 0 Å². The third kappa shape index (κ3) is 6.86. The van der Waals surface area contributed by atoms with Gasteiger partial charge in [-0.05, 0) is 23.8 Å². The summed E-state index contributed by atoms with van der Waals surface area (Å²) in [6.07, 6.45) is 5.01. The Morgan fingerprint density at radius 1 is 1.20 bits per heavy atom. The zero-order chi connectivity index (χ0) is 18.1. The fourth-order valence-electron chi connectivity index (χ4n) is 2.67. The molecule has 0 amide bonds. The number of hydrogen-bond acceptors (Lipinski definition) is 3. The van der Waals surface area contributed by atoms with Gasteiger partial charge in [0.25, 0.3) is 0 Å². The average Bonchev–Trinajstić information content (AvgIpc) is 3.06. The van der Waals surface area contributed by atoms with Gasteiger partial charge < -0.3 is 10.6 Å². The molecular formula is C20H30N4S. The lowest BCUT2D eigenvalue weighted by Gasteiger charge is -2.26. The zero-order valence-corrected chi connectivity index (χ0v) is 16.6. The summed E-state index contributed by atoms with van der Waals surface area (Å²) in [4.78, 5) is 10.1. The molecule has 2 aromatic rings. The van der Waals surface area contributed by atoms with Crippen LogP contribution in [-0.4, -0.2) is 31.1 Å². The van der Waals surface area contributed by atoms with Crippen molar-refractivity contribution in [2.75, 3.05) is 20.1 Å². The standard InChI is InChI=1S/C20H30N4S/c1-5-17-14-23-18(25-17)11-12-22-19(21-4)24-15-20(2,3)13-16-9-7-6-8-10-16/h6-10,14H,5,11-13,15H2,1-4H3,(H2,21,22,24). The Hall–Kier alpha value is -1.88. The van der Waals surface area contributed by atoms with Crippen molar-refractivity contribution in [1.29, 1.82) is 0 Å². The highest BCUT2D eigenvalue weighted by molar-refractivity contribution is 7.11. The van der Waals surface area contributed by atoms with E-state index in [0.29, 0.717) is 0 Å². The summed E-state index contributed by atoms with van der Waals surface area (Å²) in [6.45, 7) is 8.44. The lowest BCUT2D eigenvalue weighted by atomic mass is 9.86. The van der Waals surface area contributed by atoms with Crippen LogP contribution in [0.25, 0.3) is 0 Å². The predicted octanol–water partition coefficient (Wildman–Crippen LogP) is 3.68. The molecule has 1 aromatic carbocycles. The molecule has 0 saturated carbocycles. The molecule has 2 N–H and O–H groups in total. The second-order valence-electron chi connectivity index (χ2n) is 7.00. The lowest BCUT2D eigenvalue weighted by Crippen LogP contribution is -2.43. The van der Waals surface area contributed by atoms with Crippen LogP contribution in [0.3, 0.4) is 0 Å². The number of hydrogen-bond donors (Lipinski definition) is 2. The van der Waals surface area contributed by atoms with E-state index in [-0.39, 0.29) is 5.41 Å². The monoisotopic (exact) mass is 358 g/mol. The molecule has 0 aliphatic heterocycles. The summed E-state index contributed by atoms with van der Waals surface area (Å²) < 4.78 is 0. The quantitative estimate of drug-likeness (QED) is 0.559. The molecule has 136 valence electrons. The largest absolute Gasteiger partial charge is 0.356 e. The maximum Gasteiger partial charge on any atom is 0.191 e. The van der Waals surface area contributed by atoms with E-state index in [4.69, 9.17) is 0 Å². The number of guanidine groups is 1. The first kappa shape index (κ1) is 19.4. The van der Waals surface area contributed by atoms with E-state index in [1.165, 1.54) is 15.4 Å². The lowest BCUT2D eigenvalue weighted by molar-refractivity contribution is 0.359. The van der Waals surface area contributed by atoms with E-state index in [0.717, 1.165) is 38.3 Å². The second-order valence-corrected chi connectivity index (χ2v) is 8.20. The minimum absolute atomic E-state index is 0.157. The first-order valence-corrected chi connectivity index (χ1v) is 9.76. The maximum absolute atomic E-state index is 4.46. The van der Waals surface area contributed by atoms with Crippen LogP contribution in [0.4, 0.5) is 0 Å². The number of nitrogens with one attached hydrogen (secondary N) is 2. The van der Waals surface area contributed by atoms with Crippen LogP contribution in [0.2, 0.25) is 0 Å². The maximum atomic E-state index is 4.46. The molecule has 5 heteroatoms. The fraction of sp³-hybridized carbons (Fsp3) is 0.500. The van der Waals surface area contributed by atoms with Gasteiger partial charge in [-0.3, -0.25) is 4.99 Å². The highest BCUT2D eigenvalue weighted by Gasteiger charge is 2.19. The van der Waals surface area contributed by atoms with Gasteiger partial charge in [0.05, 0.1) is 5.01 Å². The molecule has 0 radical (unpaired) electrons. The molecule has 0 unspecified atom stereocenters. The SMILES string of the molecule is CCc1cnc(CCNC(=NC)NCC(C)(C)Cc2ccccc2)s1. The Balaban J connectivity index is 1.75. The van der Waals surface area contributed by atoms with Crippen molar-refractivity contribution >= 4 is 17.3 Å². The predicted molar refractivity (Wildman–Crippen MR) is 108 cm³/mol. The van der Waals surface area contributed by atoms with E-state index in [9.17, 15) is 0 Å². The second kappa shape index (κ2) is 9.56. The highest BCUT2D eigenvalue weighted by atomic mass is 32.1. The van der Waals surface area contributed by atoms with Crippen molar-refractivity contribution < 1.29 is 0 Å². The van der Waals surface area contributed by atoms with Gasteiger partial charge in [-0.15, -0.1) is 11.3 Å². The smallest absolute Gasteiger partial charge is 0.191 e. The van der Waals surface area contributed by atoms with Crippen molar-refractivity contribution in [3.8, 4) is 0 Å². The molecule has 1 aromatic heterocycles. The van der Waals surface area contributed by atoms with Crippen molar-refractivity contribution in [3.63, 3.8) is 0 Å². The Labute approximate surface area is 155 Å². The van der Waals surface area contributed by atoms with E-state index in [2.05, 4.69) is 71.7 Å². The fourth-order valence-corrected chi connectivity index (χ4v) is 3.53. The number of thiazole rings is 1. The molecule has 1 heterocycles. The number of aromatic nitrogens is 1. The number of rotatable bonds is 8. The van der Waals surface area contributed by atoms with Crippen LogP contribution >= 0.6 is 11.3 Å². The van der Waals surface area contributed by atoms with Crippen molar-refractivity contribution in [3.05, 3.63) is 52.0 Å². The number of aliphatic imine (C=N–C) groups is 1. The molecule has 0 atom stereocenters. The van der Waals surface area contributed by atoms with Crippen molar-refractivity contribution in [2.24, 2.45) is 10.4 Å². The van der Waals surface area contributed by atoms with Gasteiger partial charge in [-0.2, -0.15) is 0 Å². The summed E-state index contributed by atoms with van der Waals surface area (Å²) in [5.74, 6) is 0.855. The minimum Gasteiger partial charge on any atom is -0.356 e. The number of nitrogens with zero attached hydrogens (tertiary/aromatic N) is 2. The van der Waals surface area contributed by atoms with Gasteiger partial charge in [0.1, 0.15) is 0 Å². The first-order valence-electron chi connectivity index (χ1n) is 8.94. The van der Waals surface area contributed by atoms with Gasteiger partial charge >= 0.3 is 0 Å². The van der Waals surface area contributed by atoms with E-state index < -0.39 is 0 Å². The Morgan fingerprint density at radius 3 is 2.60 bits per heavy atom. The molecule has 2 rings (SSSR count). The van der Waals surface area contributed by atoms with Crippen LogP contribution in [0.15, 0.2) is 41.5 Å². The third-order valence-electron chi connectivity index (χ3n) is 4.06. The number of benzene rings is 1.